The van der Waals surface area contributed by atoms with Crippen LogP contribution < -0.4 is 9.47 Å². The topological polar surface area (TPSA) is 18.5 Å². The molecule has 2 rings (SSSR count). The zero-order valence-electron chi connectivity index (χ0n) is 6.76. The van der Waals surface area contributed by atoms with Crippen LogP contribution in [-0.2, 0) is 0 Å². The molecule has 1 heterocycles. The van der Waals surface area contributed by atoms with Crippen LogP contribution in [0.25, 0.3) is 0 Å². The summed E-state index contributed by atoms with van der Waals surface area (Å²) < 4.78 is 23.5. The van der Waals surface area contributed by atoms with Crippen molar-refractivity contribution >= 4 is 0 Å². The minimum absolute atomic E-state index is 0.242. The number of rotatable bonds is 0. The van der Waals surface area contributed by atoms with E-state index >= 15 is 0 Å². The van der Waals surface area contributed by atoms with E-state index in [4.69, 9.17) is 9.47 Å². The average Bonchev–Trinajstić information content (AvgIpc) is 2.04. The molecule has 0 N–H and O–H groups in total. The van der Waals surface area contributed by atoms with Crippen LogP contribution in [-0.4, -0.2) is 13.2 Å². The molecule has 0 radical (unpaired) electrons. The Morgan fingerprint density at radius 1 is 1.25 bits per heavy atom. The molecule has 0 unspecified atom stereocenters. The smallest absolute Gasteiger partial charge is 0.197 e. The predicted octanol–water partition coefficient (Wildman–Crippen LogP) is 1.91. The molecule has 0 amide bonds. The van der Waals surface area contributed by atoms with Crippen molar-refractivity contribution in [1.82, 2.24) is 0 Å². The van der Waals surface area contributed by atoms with Gasteiger partial charge in [0.25, 0.3) is 0 Å². The molecule has 0 bridgehead atoms. The van der Waals surface area contributed by atoms with Gasteiger partial charge in [-0.15, -0.1) is 0 Å². The Hall–Kier alpha value is -1.25. The number of ether oxygens (including phenoxy) is 2. The molecule has 1 aliphatic heterocycles. The Kier molecular flexibility index (Phi) is 1.64. The number of fused-ring (bicyclic) bond motifs is 1. The van der Waals surface area contributed by atoms with Crippen molar-refractivity contribution in [3.8, 4) is 11.5 Å². The van der Waals surface area contributed by atoms with Crippen molar-refractivity contribution in [2.24, 2.45) is 0 Å². The quantitative estimate of drug-likeness (QED) is 0.589. The molecule has 0 saturated heterocycles. The third kappa shape index (κ3) is 1.11. The van der Waals surface area contributed by atoms with Crippen molar-refractivity contribution in [1.29, 1.82) is 0 Å². The van der Waals surface area contributed by atoms with E-state index in [0.29, 0.717) is 19.0 Å². The largest absolute Gasteiger partial charge is 0.486 e. The number of hydrogen-bond donors (Lipinski definition) is 0. The van der Waals surface area contributed by atoms with Gasteiger partial charge in [0, 0.05) is 0 Å². The van der Waals surface area contributed by atoms with Crippen LogP contribution in [0.2, 0.25) is 0 Å². The lowest BCUT2D eigenvalue weighted by atomic mass is 10.2. The van der Waals surface area contributed by atoms with E-state index in [1.165, 1.54) is 6.07 Å². The highest BCUT2D eigenvalue weighted by molar-refractivity contribution is 5.44. The van der Waals surface area contributed by atoms with Crippen LogP contribution in [0.5, 0.6) is 11.5 Å². The molecule has 0 saturated carbocycles. The molecule has 1 aromatic rings. The zero-order chi connectivity index (χ0) is 8.55. The minimum atomic E-state index is -0.343. The normalized spacial score (nSPS) is 14.5. The van der Waals surface area contributed by atoms with Crippen molar-refractivity contribution < 1.29 is 13.9 Å². The molecular formula is C9H9FO2. The summed E-state index contributed by atoms with van der Waals surface area (Å²) in [6.45, 7) is 2.74. The van der Waals surface area contributed by atoms with Crippen LogP contribution in [0.4, 0.5) is 4.39 Å². The Bertz CT molecular complexity index is 310. The second kappa shape index (κ2) is 2.66. The number of aryl methyl sites for hydroxylation is 1. The maximum atomic E-state index is 13.1. The molecule has 0 atom stereocenters. The van der Waals surface area contributed by atoms with Crippen LogP contribution in [0.3, 0.4) is 0 Å². The van der Waals surface area contributed by atoms with E-state index in [1.54, 1.807) is 6.07 Å². The van der Waals surface area contributed by atoms with E-state index in [0.717, 1.165) is 5.56 Å². The molecule has 0 fully saturated rings. The molecule has 1 aliphatic rings. The maximum absolute atomic E-state index is 13.1. The van der Waals surface area contributed by atoms with Crippen LogP contribution in [0.1, 0.15) is 5.56 Å². The van der Waals surface area contributed by atoms with Crippen LogP contribution in [0.15, 0.2) is 12.1 Å². The highest BCUT2D eigenvalue weighted by atomic mass is 19.1. The fourth-order valence-electron chi connectivity index (χ4n) is 1.24. The van der Waals surface area contributed by atoms with Crippen molar-refractivity contribution in [2.75, 3.05) is 13.2 Å². The lowest BCUT2D eigenvalue weighted by Crippen LogP contribution is -2.16. The summed E-state index contributed by atoms with van der Waals surface area (Å²) in [6.07, 6.45) is 0. The standard InChI is InChI=1S/C9H9FO2/c1-6-4-7(10)9-8(5-6)11-2-3-12-9/h4-5H,2-3H2,1H3. The van der Waals surface area contributed by atoms with E-state index in [2.05, 4.69) is 0 Å². The summed E-state index contributed by atoms with van der Waals surface area (Å²) in [5.74, 6) is 0.412. The van der Waals surface area contributed by atoms with Crippen molar-refractivity contribution in [3.63, 3.8) is 0 Å². The fraction of sp³-hybridized carbons (Fsp3) is 0.333. The SMILES string of the molecule is Cc1cc(F)c2c(c1)OCCO2. The first-order valence-corrected chi connectivity index (χ1v) is 3.83. The predicted molar refractivity (Wildman–Crippen MR) is 42.1 cm³/mol. The molecule has 1 aromatic carbocycles. The highest BCUT2D eigenvalue weighted by Crippen LogP contribution is 2.33. The summed E-state index contributed by atoms with van der Waals surface area (Å²) >= 11 is 0. The summed E-state index contributed by atoms with van der Waals surface area (Å²) in [5, 5.41) is 0. The van der Waals surface area contributed by atoms with Crippen molar-refractivity contribution in [2.45, 2.75) is 6.92 Å². The number of halogens is 1. The van der Waals surface area contributed by atoms with E-state index in [9.17, 15) is 4.39 Å². The Balaban J connectivity index is 2.53. The molecular weight excluding hydrogens is 159 g/mol. The van der Waals surface area contributed by atoms with Gasteiger partial charge < -0.3 is 9.47 Å². The Labute approximate surface area is 69.9 Å². The molecule has 0 aliphatic carbocycles. The van der Waals surface area contributed by atoms with Crippen LogP contribution >= 0.6 is 0 Å². The molecule has 0 aromatic heterocycles. The first kappa shape index (κ1) is 7.40. The van der Waals surface area contributed by atoms with Crippen LogP contribution in [0, 0.1) is 12.7 Å². The van der Waals surface area contributed by atoms with Gasteiger partial charge in [-0.3, -0.25) is 0 Å². The third-order valence-electron chi connectivity index (χ3n) is 1.74. The van der Waals surface area contributed by atoms with Gasteiger partial charge in [-0.2, -0.15) is 0 Å². The van der Waals surface area contributed by atoms with Gasteiger partial charge in [0.05, 0.1) is 0 Å². The van der Waals surface area contributed by atoms with Gasteiger partial charge in [0.1, 0.15) is 13.2 Å². The Morgan fingerprint density at radius 2 is 2.00 bits per heavy atom. The third-order valence-corrected chi connectivity index (χ3v) is 1.74. The van der Waals surface area contributed by atoms with Gasteiger partial charge in [-0.05, 0) is 24.6 Å². The van der Waals surface area contributed by atoms with E-state index in [-0.39, 0.29) is 11.6 Å². The molecule has 0 spiro atoms. The average molecular weight is 168 g/mol. The molecule has 3 heteroatoms. The first-order chi connectivity index (χ1) is 5.77. The maximum Gasteiger partial charge on any atom is 0.197 e. The highest BCUT2D eigenvalue weighted by Gasteiger charge is 2.16. The van der Waals surface area contributed by atoms with Gasteiger partial charge in [0.15, 0.2) is 17.3 Å². The van der Waals surface area contributed by atoms with E-state index < -0.39 is 0 Å². The van der Waals surface area contributed by atoms with Gasteiger partial charge in [-0.25, -0.2) is 4.39 Å². The summed E-state index contributed by atoms with van der Waals surface area (Å²) in [6, 6.07) is 3.21. The Morgan fingerprint density at radius 3 is 2.83 bits per heavy atom. The fourth-order valence-corrected chi connectivity index (χ4v) is 1.24. The number of benzene rings is 1. The number of hydrogen-bond acceptors (Lipinski definition) is 2. The van der Waals surface area contributed by atoms with Gasteiger partial charge in [0.2, 0.25) is 0 Å². The van der Waals surface area contributed by atoms with Gasteiger partial charge >= 0.3 is 0 Å². The van der Waals surface area contributed by atoms with Gasteiger partial charge in [-0.1, -0.05) is 0 Å². The molecule has 12 heavy (non-hydrogen) atoms. The van der Waals surface area contributed by atoms with E-state index in [1.807, 2.05) is 6.92 Å². The second-order valence-corrected chi connectivity index (χ2v) is 2.77. The summed E-state index contributed by atoms with van der Waals surface area (Å²) in [4.78, 5) is 0. The van der Waals surface area contributed by atoms with Crippen molar-refractivity contribution in [3.05, 3.63) is 23.5 Å². The monoisotopic (exact) mass is 168 g/mol. The molecule has 2 nitrogen and oxygen atoms in total. The second-order valence-electron chi connectivity index (χ2n) is 2.77. The zero-order valence-corrected chi connectivity index (χ0v) is 6.76. The lowest BCUT2D eigenvalue weighted by Gasteiger charge is -2.18. The lowest BCUT2D eigenvalue weighted by molar-refractivity contribution is 0.164. The summed E-state index contributed by atoms with van der Waals surface area (Å²) in [7, 11) is 0. The summed E-state index contributed by atoms with van der Waals surface area (Å²) in [5.41, 5.74) is 0.844. The first-order valence-electron chi connectivity index (χ1n) is 3.83. The minimum Gasteiger partial charge on any atom is -0.486 e. The molecule has 64 valence electrons.